The number of rotatable bonds is 6. The van der Waals surface area contributed by atoms with Crippen LogP contribution < -0.4 is 9.47 Å². The summed E-state index contributed by atoms with van der Waals surface area (Å²) in [7, 11) is -1.93. The number of carbonyl (C=O) groups excluding carboxylic acids is 1. The fraction of sp³-hybridized carbons (Fsp3) is 0.353. The van der Waals surface area contributed by atoms with E-state index in [1.807, 2.05) is 0 Å². The number of hydrogen-bond acceptors (Lipinski definition) is 6. The number of thiophene rings is 1. The number of piperazine rings is 1. The van der Waals surface area contributed by atoms with E-state index in [9.17, 15) is 13.2 Å². The maximum atomic E-state index is 12.6. The molecule has 10 heteroatoms. The minimum absolute atomic E-state index is 0.0864. The smallest absolute Gasteiger partial charge is 0.260 e. The second kappa shape index (κ2) is 8.59. The summed E-state index contributed by atoms with van der Waals surface area (Å²) in [5, 5.41) is 0. The van der Waals surface area contributed by atoms with Crippen LogP contribution in [0.25, 0.3) is 0 Å². The number of carbonyl (C=O) groups is 1. The zero-order valence-electron chi connectivity index (χ0n) is 14.6. The molecule has 0 spiro atoms. The Balaban J connectivity index is 1.51. The van der Waals surface area contributed by atoms with Crippen LogP contribution in [-0.2, 0) is 14.8 Å². The van der Waals surface area contributed by atoms with Crippen LogP contribution in [0.5, 0.6) is 11.5 Å². The second-order valence-corrected chi connectivity index (χ2v) is 10.4. The Bertz CT molecular complexity index is 890. The molecule has 1 amide bonds. The third kappa shape index (κ3) is 4.81. The lowest BCUT2D eigenvalue weighted by Gasteiger charge is -2.33. The molecular weight excluding hydrogens is 456 g/mol. The van der Waals surface area contributed by atoms with E-state index in [1.165, 1.54) is 15.6 Å². The Morgan fingerprint density at radius 3 is 2.26 bits per heavy atom. The molecule has 1 aromatic carbocycles. The first-order chi connectivity index (χ1) is 12.9. The third-order valence-electron chi connectivity index (χ3n) is 4.16. The zero-order chi connectivity index (χ0) is 19.4. The summed E-state index contributed by atoms with van der Waals surface area (Å²) >= 11 is 4.46. The number of ether oxygens (including phenoxy) is 2. The van der Waals surface area contributed by atoms with E-state index in [1.54, 1.807) is 48.4 Å². The Labute approximate surface area is 170 Å². The third-order valence-corrected chi connectivity index (χ3v) is 8.15. The van der Waals surface area contributed by atoms with Gasteiger partial charge in [-0.1, -0.05) is 0 Å². The molecule has 0 atom stereocenters. The number of halogens is 1. The fourth-order valence-corrected chi connectivity index (χ4v) is 6.24. The molecule has 1 aliphatic rings. The van der Waals surface area contributed by atoms with Crippen LogP contribution in [0.3, 0.4) is 0 Å². The van der Waals surface area contributed by atoms with Crippen molar-refractivity contribution in [3.63, 3.8) is 0 Å². The van der Waals surface area contributed by atoms with Crippen molar-refractivity contribution in [2.75, 3.05) is 39.9 Å². The van der Waals surface area contributed by atoms with Gasteiger partial charge in [-0.3, -0.25) is 4.79 Å². The van der Waals surface area contributed by atoms with Gasteiger partial charge in [0.15, 0.2) is 6.61 Å². The van der Waals surface area contributed by atoms with E-state index in [2.05, 4.69) is 15.9 Å². The largest absolute Gasteiger partial charge is 0.497 e. The lowest BCUT2D eigenvalue weighted by Crippen LogP contribution is -2.51. The predicted molar refractivity (Wildman–Crippen MR) is 106 cm³/mol. The van der Waals surface area contributed by atoms with Crippen molar-refractivity contribution < 1.29 is 22.7 Å². The van der Waals surface area contributed by atoms with E-state index in [0.717, 1.165) is 3.79 Å². The van der Waals surface area contributed by atoms with Crippen molar-refractivity contribution in [3.05, 3.63) is 40.2 Å². The highest BCUT2D eigenvalue weighted by molar-refractivity contribution is 9.11. The monoisotopic (exact) mass is 474 g/mol. The summed E-state index contributed by atoms with van der Waals surface area (Å²) in [6.07, 6.45) is 0. The Morgan fingerprint density at radius 2 is 1.70 bits per heavy atom. The molecule has 146 valence electrons. The van der Waals surface area contributed by atoms with Gasteiger partial charge in [-0.05, 0) is 52.3 Å². The SMILES string of the molecule is COc1ccc(OCC(=O)N2CCN(S(=O)(=O)c3ccc(Br)s3)CC2)cc1. The first-order valence-corrected chi connectivity index (χ1v) is 11.3. The van der Waals surface area contributed by atoms with Crippen LogP contribution in [0.1, 0.15) is 0 Å². The standard InChI is InChI=1S/C17H19BrN2O5S2/c1-24-13-2-4-14(5-3-13)25-12-16(21)19-8-10-20(11-9-19)27(22,23)17-7-6-15(18)26-17/h2-7H,8-12H2,1H3. The molecule has 0 aliphatic carbocycles. The molecule has 0 saturated carbocycles. The minimum atomic E-state index is -3.51. The van der Waals surface area contributed by atoms with Gasteiger partial charge < -0.3 is 14.4 Å². The fourth-order valence-electron chi connectivity index (χ4n) is 2.65. The Hall–Kier alpha value is -1.62. The summed E-state index contributed by atoms with van der Waals surface area (Å²) in [6.45, 7) is 1.14. The molecule has 7 nitrogen and oxygen atoms in total. The predicted octanol–water partition coefficient (Wildman–Crippen LogP) is 2.43. The van der Waals surface area contributed by atoms with Crippen LogP contribution in [0.4, 0.5) is 0 Å². The maximum Gasteiger partial charge on any atom is 0.260 e. The van der Waals surface area contributed by atoms with Crippen molar-refractivity contribution in [2.24, 2.45) is 0 Å². The summed E-state index contributed by atoms with van der Waals surface area (Å²) in [5.41, 5.74) is 0. The summed E-state index contributed by atoms with van der Waals surface area (Å²) in [6, 6.07) is 10.3. The van der Waals surface area contributed by atoms with Gasteiger partial charge in [0.05, 0.1) is 10.9 Å². The van der Waals surface area contributed by atoms with Crippen molar-refractivity contribution >= 4 is 43.2 Å². The van der Waals surface area contributed by atoms with Gasteiger partial charge in [-0.15, -0.1) is 11.3 Å². The van der Waals surface area contributed by atoms with Crippen molar-refractivity contribution in [1.29, 1.82) is 0 Å². The number of amides is 1. The highest BCUT2D eigenvalue weighted by Gasteiger charge is 2.31. The molecule has 2 heterocycles. The molecule has 3 rings (SSSR count). The normalized spacial score (nSPS) is 15.6. The van der Waals surface area contributed by atoms with Gasteiger partial charge in [0.1, 0.15) is 15.7 Å². The van der Waals surface area contributed by atoms with E-state index in [4.69, 9.17) is 9.47 Å². The lowest BCUT2D eigenvalue weighted by molar-refractivity contribution is -0.134. The number of nitrogens with zero attached hydrogens (tertiary/aromatic N) is 2. The molecular formula is C17H19BrN2O5S2. The average Bonchev–Trinajstić information content (AvgIpc) is 3.14. The van der Waals surface area contributed by atoms with Crippen molar-refractivity contribution in [3.8, 4) is 11.5 Å². The highest BCUT2D eigenvalue weighted by atomic mass is 79.9. The van der Waals surface area contributed by atoms with E-state index in [0.29, 0.717) is 28.8 Å². The van der Waals surface area contributed by atoms with Crippen LogP contribution in [-0.4, -0.2) is 63.4 Å². The molecule has 27 heavy (non-hydrogen) atoms. The zero-order valence-corrected chi connectivity index (χ0v) is 17.8. The topological polar surface area (TPSA) is 76.2 Å². The van der Waals surface area contributed by atoms with Crippen LogP contribution in [0.15, 0.2) is 44.4 Å². The highest BCUT2D eigenvalue weighted by Crippen LogP contribution is 2.29. The van der Waals surface area contributed by atoms with Crippen molar-refractivity contribution in [1.82, 2.24) is 9.21 Å². The molecule has 1 aliphatic heterocycles. The molecule has 0 radical (unpaired) electrons. The van der Waals surface area contributed by atoms with E-state index >= 15 is 0 Å². The summed E-state index contributed by atoms with van der Waals surface area (Å²) in [4.78, 5) is 14.0. The van der Waals surface area contributed by atoms with Gasteiger partial charge in [-0.2, -0.15) is 4.31 Å². The van der Waals surface area contributed by atoms with Crippen molar-refractivity contribution in [2.45, 2.75) is 4.21 Å². The molecule has 2 aromatic rings. The maximum absolute atomic E-state index is 12.6. The first-order valence-electron chi connectivity index (χ1n) is 8.20. The van der Waals surface area contributed by atoms with Gasteiger partial charge in [0.25, 0.3) is 15.9 Å². The quantitative estimate of drug-likeness (QED) is 0.642. The van der Waals surface area contributed by atoms with E-state index in [-0.39, 0.29) is 25.6 Å². The molecule has 0 unspecified atom stereocenters. The van der Waals surface area contributed by atoms with Crippen LogP contribution in [0.2, 0.25) is 0 Å². The molecule has 0 bridgehead atoms. The number of sulfonamides is 1. The molecule has 0 N–H and O–H groups in total. The second-order valence-electron chi connectivity index (χ2n) is 5.81. The minimum Gasteiger partial charge on any atom is -0.497 e. The van der Waals surface area contributed by atoms with Crippen LogP contribution >= 0.6 is 27.3 Å². The van der Waals surface area contributed by atoms with Gasteiger partial charge in [-0.25, -0.2) is 8.42 Å². The summed E-state index contributed by atoms with van der Waals surface area (Å²) in [5.74, 6) is 1.12. The molecule has 1 fully saturated rings. The average molecular weight is 475 g/mol. The Morgan fingerprint density at radius 1 is 1.07 bits per heavy atom. The van der Waals surface area contributed by atoms with Gasteiger partial charge in [0.2, 0.25) is 0 Å². The van der Waals surface area contributed by atoms with Gasteiger partial charge in [0, 0.05) is 26.2 Å². The van der Waals surface area contributed by atoms with Crippen LogP contribution in [0, 0.1) is 0 Å². The summed E-state index contributed by atoms with van der Waals surface area (Å²) < 4.78 is 38.3. The number of benzene rings is 1. The van der Waals surface area contributed by atoms with Gasteiger partial charge >= 0.3 is 0 Å². The molecule has 1 saturated heterocycles. The number of hydrogen-bond donors (Lipinski definition) is 0. The van der Waals surface area contributed by atoms with E-state index < -0.39 is 10.0 Å². The lowest BCUT2D eigenvalue weighted by atomic mass is 10.3. The first kappa shape index (κ1) is 20.1. The Kier molecular flexibility index (Phi) is 6.40. The number of methoxy groups -OCH3 is 1. The molecule has 1 aromatic heterocycles.